The molecule has 2 aromatic carbocycles. The molecule has 0 saturated carbocycles. The number of fused-ring (bicyclic) bond motifs is 1. The van der Waals surface area contributed by atoms with Crippen molar-refractivity contribution < 1.29 is 33.2 Å². The number of hydrogen-bond acceptors (Lipinski definition) is 7. The third-order valence-corrected chi connectivity index (χ3v) is 7.13. The number of hydrogen-bond donors (Lipinski definition) is 4. The Hall–Kier alpha value is -2.28. The van der Waals surface area contributed by atoms with E-state index >= 15 is 0 Å². The number of methoxy groups -OCH3 is 1. The molecule has 38 heavy (non-hydrogen) atoms. The van der Waals surface area contributed by atoms with Crippen LogP contribution in [0.4, 0.5) is 13.2 Å². The van der Waals surface area contributed by atoms with Gasteiger partial charge in [0.05, 0.1) is 35.9 Å². The first-order valence-electron chi connectivity index (χ1n) is 11.8. The minimum absolute atomic E-state index is 0.0134. The lowest BCUT2D eigenvalue weighted by molar-refractivity contribution is -0.137. The molecule has 0 bridgehead atoms. The quantitative estimate of drug-likeness (QED) is 0.252. The maximum atomic E-state index is 13.6. The molecule has 1 heterocycles. The van der Waals surface area contributed by atoms with Crippen LogP contribution in [0.15, 0.2) is 46.1 Å². The number of H-pyrrole nitrogens is 1. The number of thioether (sulfide) groups is 1. The number of pyridine rings is 1. The standard InChI is InChI=1S/C26H30ClF3N2O5S/c1-14(33)10-32(11-15(2)34)12-18(35)13-38-24-23(20-9-17(27)5-7-22(20)37-3)19-8-16(26(28,29)30)4-6-21(19)31-25(24)36/h4-9,14-15,18,33-35H,10-13H2,1-3H3,(H,31,36). The lowest BCUT2D eigenvalue weighted by atomic mass is 9.98. The molecule has 208 valence electrons. The molecular formula is C26H30ClF3N2O5S. The number of aliphatic hydroxyl groups excluding tert-OH is 3. The number of aromatic amines is 1. The highest BCUT2D eigenvalue weighted by Gasteiger charge is 2.31. The lowest BCUT2D eigenvalue weighted by Crippen LogP contribution is -2.41. The van der Waals surface area contributed by atoms with Gasteiger partial charge in [0, 0.05) is 52.4 Å². The van der Waals surface area contributed by atoms with Crippen molar-refractivity contribution in [3.8, 4) is 16.9 Å². The number of nitrogens with one attached hydrogen (secondary N) is 1. The van der Waals surface area contributed by atoms with E-state index in [1.54, 1.807) is 30.9 Å². The second-order valence-electron chi connectivity index (χ2n) is 9.14. The Morgan fingerprint density at radius 1 is 1.05 bits per heavy atom. The molecule has 4 N–H and O–H groups in total. The van der Waals surface area contributed by atoms with Crippen LogP contribution in [-0.4, -0.2) is 76.0 Å². The van der Waals surface area contributed by atoms with Crippen molar-refractivity contribution in [3.05, 3.63) is 57.3 Å². The number of halogens is 4. The van der Waals surface area contributed by atoms with Crippen LogP contribution in [0.25, 0.3) is 22.0 Å². The van der Waals surface area contributed by atoms with Crippen molar-refractivity contribution in [2.24, 2.45) is 0 Å². The molecule has 0 fully saturated rings. The van der Waals surface area contributed by atoms with Crippen molar-refractivity contribution in [2.75, 3.05) is 32.5 Å². The predicted octanol–water partition coefficient (Wildman–Crippen LogP) is 4.39. The number of rotatable bonds is 11. The largest absolute Gasteiger partial charge is 0.496 e. The number of aliphatic hydroxyl groups is 3. The summed E-state index contributed by atoms with van der Waals surface area (Å²) in [4.78, 5) is 17.6. The highest BCUT2D eigenvalue weighted by molar-refractivity contribution is 7.99. The van der Waals surface area contributed by atoms with Crippen LogP contribution in [0, 0.1) is 0 Å². The summed E-state index contributed by atoms with van der Waals surface area (Å²) in [6, 6.07) is 7.71. The third kappa shape index (κ3) is 7.64. The van der Waals surface area contributed by atoms with Gasteiger partial charge in [-0.3, -0.25) is 9.69 Å². The van der Waals surface area contributed by atoms with Crippen LogP contribution >= 0.6 is 23.4 Å². The SMILES string of the molecule is COc1ccc(Cl)cc1-c1c(SCC(O)CN(CC(C)O)CC(C)O)c(=O)[nH]c2ccc(C(F)(F)F)cc12. The number of alkyl halides is 3. The molecule has 0 aliphatic rings. The molecule has 7 nitrogen and oxygen atoms in total. The number of nitrogens with zero attached hydrogens (tertiary/aromatic N) is 1. The van der Waals surface area contributed by atoms with Gasteiger partial charge >= 0.3 is 6.18 Å². The molecule has 0 saturated heterocycles. The number of ether oxygens (including phenoxy) is 1. The molecule has 0 aliphatic carbocycles. The van der Waals surface area contributed by atoms with Gasteiger partial charge in [-0.1, -0.05) is 11.6 Å². The fourth-order valence-electron chi connectivity index (χ4n) is 4.23. The summed E-state index contributed by atoms with van der Waals surface area (Å²) in [6.07, 6.45) is -6.98. The zero-order valence-electron chi connectivity index (χ0n) is 21.1. The maximum absolute atomic E-state index is 13.6. The van der Waals surface area contributed by atoms with E-state index in [4.69, 9.17) is 16.3 Å². The van der Waals surface area contributed by atoms with E-state index in [2.05, 4.69) is 4.98 Å². The summed E-state index contributed by atoms with van der Waals surface area (Å²) in [5.74, 6) is 0.320. The Bertz CT molecular complexity index is 1310. The average molecular weight is 575 g/mol. The summed E-state index contributed by atoms with van der Waals surface area (Å²) >= 11 is 7.21. The molecule has 1 aromatic heterocycles. The van der Waals surface area contributed by atoms with E-state index in [0.29, 0.717) is 16.3 Å². The Morgan fingerprint density at radius 3 is 2.29 bits per heavy atom. The molecule has 0 amide bonds. The second kappa shape index (κ2) is 12.7. The fraction of sp³-hybridized carbons (Fsp3) is 0.423. The Morgan fingerprint density at radius 2 is 1.71 bits per heavy atom. The number of benzene rings is 2. The molecule has 3 aromatic rings. The molecule has 3 unspecified atom stereocenters. The van der Waals surface area contributed by atoms with E-state index in [9.17, 15) is 33.3 Å². The summed E-state index contributed by atoms with van der Waals surface area (Å²) in [5.41, 5.74) is -0.697. The second-order valence-corrected chi connectivity index (χ2v) is 10.6. The monoisotopic (exact) mass is 574 g/mol. The molecule has 3 atom stereocenters. The topological polar surface area (TPSA) is 106 Å². The van der Waals surface area contributed by atoms with E-state index in [1.165, 1.54) is 19.2 Å². The zero-order valence-corrected chi connectivity index (χ0v) is 22.6. The van der Waals surface area contributed by atoms with Crippen LogP contribution in [0.2, 0.25) is 5.02 Å². The van der Waals surface area contributed by atoms with E-state index in [1.807, 2.05) is 0 Å². The summed E-state index contributed by atoms with van der Waals surface area (Å²) < 4.78 is 46.2. The van der Waals surface area contributed by atoms with Crippen LogP contribution in [0.1, 0.15) is 19.4 Å². The molecule has 0 radical (unpaired) electrons. The number of aromatic nitrogens is 1. The van der Waals surface area contributed by atoms with Gasteiger partial charge in [-0.05, 0) is 50.2 Å². The van der Waals surface area contributed by atoms with Crippen molar-refractivity contribution >= 4 is 34.3 Å². The van der Waals surface area contributed by atoms with Crippen molar-refractivity contribution in [2.45, 2.75) is 43.2 Å². The average Bonchev–Trinajstić information content (AvgIpc) is 2.80. The fourth-order valence-corrected chi connectivity index (χ4v) is 5.42. The Labute approximate surface area is 227 Å². The first-order chi connectivity index (χ1) is 17.8. The molecule has 3 rings (SSSR count). The summed E-state index contributed by atoms with van der Waals surface area (Å²) in [5, 5.41) is 30.7. The molecule has 12 heteroatoms. The van der Waals surface area contributed by atoms with Gasteiger partial charge in [0.15, 0.2) is 0 Å². The minimum atomic E-state index is -4.61. The normalized spacial score (nSPS) is 14.6. The van der Waals surface area contributed by atoms with Gasteiger partial charge in [-0.25, -0.2) is 0 Å². The van der Waals surface area contributed by atoms with Crippen molar-refractivity contribution in [1.29, 1.82) is 0 Å². The van der Waals surface area contributed by atoms with Gasteiger partial charge in [0.1, 0.15) is 5.75 Å². The molecule has 0 aliphatic heterocycles. The lowest BCUT2D eigenvalue weighted by Gasteiger charge is -2.27. The van der Waals surface area contributed by atoms with E-state index < -0.39 is 35.6 Å². The highest BCUT2D eigenvalue weighted by Crippen LogP contribution is 2.42. The van der Waals surface area contributed by atoms with Gasteiger partial charge < -0.3 is 25.0 Å². The molecule has 0 spiro atoms. The zero-order chi connectivity index (χ0) is 28.2. The van der Waals surface area contributed by atoms with Crippen molar-refractivity contribution in [1.82, 2.24) is 9.88 Å². The van der Waals surface area contributed by atoms with Crippen LogP contribution < -0.4 is 10.3 Å². The first-order valence-corrected chi connectivity index (χ1v) is 13.2. The minimum Gasteiger partial charge on any atom is -0.496 e. The smallest absolute Gasteiger partial charge is 0.416 e. The predicted molar refractivity (Wildman–Crippen MR) is 143 cm³/mol. The summed E-state index contributed by atoms with van der Waals surface area (Å²) in [6.45, 7) is 3.71. The van der Waals surface area contributed by atoms with Crippen LogP contribution in [-0.2, 0) is 6.18 Å². The van der Waals surface area contributed by atoms with Crippen molar-refractivity contribution in [3.63, 3.8) is 0 Å². The molecular weight excluding hydrogens is 545 g/mol. The van der Waals surface area contributed by atoms with E-state index in [-0.39, 0.29) is 46.7 Å². The van der Waals surface area contributed by atoms with Crippen LogP contribution in [0.3, 0.4) is 0 Å². The Kier molecular flexibility index (Phi) is 10.1. The van der Waals surface area contributed by atoms with Crippen LogP contribution in [0.5, 0.6) is 5.75 Å². The van der Waals surface area contributed by atoms with Gasteiger partial charge in [-0.15, -0.1) is 11.8 Å². The summed E-state index contributed by atoms with van der Waals surface area (Å²) in [7, 11) is 1.40. The first kappa shape index (κ1) is 30.3. The maximum Gasteiger partial charge on any atom is 0.416 e. The highest BCUT2D eigenvalue weighted by atomic mass is 35.5. The Balaban J connectivity index is 2.10. The van der Waals surface area contributed by atoms with Gasteiger partial charge in [0.2, 0.25) is 0 Å². The third-order valence-electron chi connectivity index (χ3n) is 5.66. The van der Waals surface area contributed by atoms with Gasteiger partial charge in [-0.2, -0.15) is 13.2 Å². The van der Waals surface area contributed by atoms with E-state index in [0.717, 1.165) is 23.9 Å². The van der Waals surface area contributed by atoms with Gasteiger partial charge in [0.25, 0.3) is 5.56 Å².